The number of nitrogens with one attached hydrogen (secondary N) is 1. The Morgan fingerprint density at radius 1 is 1.43 bits per heavy atom. The van der Waals surface area contributed by atoms with E-state index < -0.39 is 0 Å². The zero-order valence-electron chi connectivity index (χ0n) is 9.75. The van der Waals surface area contributed by atoms with Crippen molar-refractivity contribution in [3.63, 3.8) is 0 Å². The lowest BCUT2D eigenvalue weighted by Crippen LogP contribution is -2.54. The van der Waals surface area contributed by atoms with Gasteiger partial charge >= 0.3 is 0 Å². The summed E-state index contributed by atoms with van der Waals surface area (Å²) in [5.74, 6) is 0. The summed E-state index contributed by atoms with van der Waals surface area (Å²) in [6, 6.07) is 1.17. The monoisotopic (exact) mass is 200 g/mol. The molecule has 1 aliphatic rings. The Kier molecular flexibility index (Phi) is 5.45. The first-order chi connectivity index (χ1) is 6.83. The molecule has 0 aromatic carbocycles. The largest absolute Gasteiger partial charge is 0.380 e. The second-order valence-electron chi connectivity index (χ2n) is 3.95. The van der Waals surface area contributed by atoms with Gasteiger partial charge < -0.3 is 10.1 Å². The fraction of sp³-hybridized carbons (Fsp3) is 1.00. The van der Waals surface area contributed by atoms with E-state index in [-0.39, 0.29) is 0 Å². The van der Waals surface area contributed by atoms with Crippen LogP contribution in [0.15, 0.2) is 0 Å². The molecule has 0 aliphatic carbocycles. The smallest absolute Gasteiger partial charge is 0.0637 e. The van der Waals surface area contributed by atoms with Gasteiger partial charge in [0.2, 0.25) is 0 Å². The van der Waals surface area contributed by atoms with Gasteiger partial charge in [0.05, 0.1) is 6.61 Å². The van der Waals surface area contributed by atoms with Crippen LogP contribution in [0.2, 0.25) is 0 Å². The summed E-state index contributed by atoms with van der Waals surface area (Å²) < 4.78 is 5.56. The SMILES string of the molecule is CCCN(CC)C1COCCC1NC. The van der Waals surface area contributed by atoms with Crippen LogP contribution >= 0.6 is 0 Å². The molecule has 1 fully saturated rings. The van der Waals surface area contributed by atoms with E-state index in [0.717, 1.165) is 26.2 Å². The summed E-state index contributed by atoms with van der Waals surface area (Å²) in [6.45, 7) is 8.57. The second kappa shape index (κ2) is 6.38. The van der Waals surface area contributed by atoms with Crippen LogP contribution < -0.4 is 5.32 Å². The van der Waals surface area contributed by atoms with Crippen LogP contribution in [0.25, 0.3) is 0 Å². The van der Waals surface area contributed by atoms with Gasteiger partial charge in [-0.1, -0.05) is 13.8 Å². The summed E-state index contributed by atoms with van der Waals surface area (Å²) in [5.41, 5.74) is 0. The molecule has 0 amide bonds. The van der Waals surface area contributed by atoms with E-state index >= 15 is 0 Å². The molecule has 1 saturated heterocycles. The zero-order chi connectivity index (χ0) is 10.4. The molecule has 0 bridgehead atoms. The van der Waals surface area contributed by atoms with Crippen molar-refractivity contribution in [3.8, 4) is 0 Å². The van der Waals surface area contributed by atoms with Crippen LogP contribution in [0.3, 0.4) is 0 Å². The van der Waals surface area contributed by atoms with Crippen molar-refractivity contribution in [3.05, 3.63) is 0 Å². The fourth-order valence-corrected chi connectivity index (χ4v) is 2.27. The molecule has 1 heterocycles. The van der Waals surface area contributed by atoms with Gasteiger partial charge in [0, 0.05) is 18.7 Å². The molecular formula is C11H24N2O. The number of ether oxygens (including phenoxy) is 1. The minimum absolute atomic E-state index is 0.568. The van der Waals surface area contributed by atoms with Crippen LogP contribution in [0.1, 0.15) is 26.7 Å². The first-order valence-corrected chi connectivity index (χ1v) is 5.82. The Labute approximate surface area is 87.8 Å². The van der Waals surface area contributed by atoms with E-state index in [1.807, 2.05) is 0 Å². The van der Waals surface area contributed by atoms with Gasteiger partial charge in [0.1, 0.15) is 0 Å². The van der Waals surface area contributed by atoms with E-state index in [9.17, 15) is 0 Å². The fourth-order valence-electron chi connectivity index (χ4n) is 2.27. The van der Waals surface area contributed by atoms with Crippen molar-refractivity contribution in [2.45, 2.75) is 38.8 Å². The van der Waals surface area contributed by atoms with E-state index in [2.05, 4.69) is 31.1 Å². The van der Waals surface area contributed by atoms with E-state index in [0.29, 0.717) is 12.1 Å². The highest BCUT2D eigenvalue weighted by Gasteiger charge is 2.28. The molecule has 2 atom stereocenters. The molecule has 0 aromatic rings. The van der Waals surface area contributed by atoms with Gasteiger partial charge in [-0.15, -0.1) is 0 Å². The molecule has 3 heteroatoms. The van der Waals surface area contributed by atoms with Gasteiger partial charge in [-0.2, -0.15) is 0 Å². The van der Waals surface area contributed by atoms with Gasteiger partial charge in [-0.05, 0) is 33.0 Å². The molecule has 3 nitrogen and oxygen atoms in total. The Balaban J connectivity index is 2.51. The third-order valence-corrected chi connectivity index (χ3v) is 3.08. The lowest BCUT2D eigenvalue weighted by molar-refractivity contribution is 0.000325. The molecule has 1 rings (SSSR count). The molecule has 0 aromatic heterocycles. The summed E-state index contributed by atoms with van der Waals surface area (Å²) in [4.78, 5) is 2.53. The third-order valence-electron chi connectivity index (χ3n) is 3.08. The Morgan fingerprint density at radius 3 is 2.79 bits per heavy atom. The molecule has 1 N–H and O–H groups in total. The average Bonchev–Trinajstić information content (AvgIpc) is 2.26. The molecule has 1 aliphatic heterocycles. The van der Waals surface area contributed by atoms with Crippen molar-refractivity contribution < 1.29 is 4.74 Å². The first kappa shape index (κ1) is 12.0. The highest BCUT2D eigenvalue weighted by Crippen LogP contribution is 2.14. The standard InChI is InChI=1S/C11H24N2O/c1-4-7-13(5-2)11-9-14-8-6-10(11)12-3/h10-12H,4-9H2,1-3H3. The van der Waals surface area contributed by atoms with Crippen LogP contribution in [-0.4, -0.2) is 50.3 Å². The number of likely N-dealkylation sites (N-methyl/N-ethyl adjacent to an activating group) is 2. The summed E-state index contributed by atoms with van der Waals surface area (Å²) in [5, 5.41) is 3.41. The van der Waals surface area contributed by atoms with Crippen LogP contribution in [0, 0.1) is 0 Å². The quantitative estimate of drug-likeness (QED) is 0.719. The number of hydrogen-bond acceptors (Lipinski definition) is 3. The average molecular weight is 200 g/mol. The second-order valence-corrected chi connectivity index (χ2v) is 3.95. The molecule has 0 saturated carbocycles. The van der Waals surface area contributed by atoms with E-state index in [1.54, 1.807) is 0 Å². The lowest BCUT2D eigenvalue weighted by Gasteiger charge is -2.39. The molecule has 14 heavy (non-hydrogen) atoms. The third kappa shape index (κ3) is 2.94. The Morgan fingerprint density at radius 2 is 2.21 bits per heavy atom. The highest BCUT2D eigenvalue weighted by molar-refractivity contribution is 4.85. The van der Waals surface area contributed by atoms with Gasteiger partial charge in [0.15, 0.2) is 0 Å². The Hall–Kier alpha value is -0.120. The topological polar surface area (TPSA) is 24.5 Å². The first-order valence-electron chi connectivity index (χ1n) is 5.82. The van der Waals surface area contributed by atoms with Gasteiger partial charge in [-0.25, -0.2) is 0 Å². The van der Waals surface area contributed by atoms with Crippen LogP contribution in [-0.2, 0) is 4.74 Å². The summed E-state index contributed by atoms with van der Waals surface area (Å²) in [7, 11) is 2.06. The van der Waals surface area contributed by atoms with Crippen molar-refractivity contribution in [2.24, 2.45) is 0 Å². The van der Waals surface area contributed by atoms with Gasteiger partial charge in [-0.3, -0.25) is 4.90 Å². The normalized spacial score (nSPS) is 28.3. The predicted octanol–water partition coefficient (Wildman–Crippen LogP) is 1.10. The summed E-state index contributed by atoms with van der Waals surface area (Å²) in [6.07, 6.45) is 2.36. The minimum Gasteiger partial charge on any atom is -0.380 e. The number of hydrogen-bond donors (Lipinski definition) is 1. The van der Waals surface area contributed by atoms with Crippen molar-refractivity contribution in [2.75, 3.05) is 33.4 Å². The van der Waals surface area contributed by atoms with Crippen molar-refractivity contribution in [1.82, 2.24) is 10.2 Å². The maximum absolute atomic E-state index is 5.56. The van der Waals surface area contributed by atoms with Crippen LogP contribution in [0.4, 0.5) is 0 Å². The number of rotatable bonds is 5. The maximum atomic E-state index is 5.56. The maximum Gasteiger partial charge on any atom is 0.0637 e. The molecule has 0 spiro atoms. The van der Waals surface area contributed by atoms with Crippen LogP contribution in [0.5, 0.6) is 0 Å². The zero-order valence-corrected chi connectivity index (χ0v) is 9.75. The van der Waals surface area contributed by atoms with E-state index in [1.165, 1.54) is 13.0 Å². The molecule has 0 radical (unpaired) electrons. The number of nitrogens with zero attached hydrogens (tertiary/aromatic N) is 1. The van der Waals surface area contributed by atoms with Gasteiger partial charge in [0.25, 0.3) is 0 Å². The molecule has 84 valence electrons. The van der Waals surface area contributed by atoms with Crippen molar-refractivity contribution in [1.29, 1.82) is 0 Å². The lowest BCUT2D eigenvalue weighted by atomic mass is 10.0. The Bertz CT molecular complexity index is 152. The van der Waals surface area contributed by atoms with E-state index in [4.69, 9.17) is 4.74 Å². The molecule has 2 unspecified atom stereocenters. The predicted molar refractivity (Wildman–Crippen MR) is 59.6 cm³/mol. The summed E-state index contributed by atoms with van der Waals surface area (Å²) >= 11 is 0. The van der Waals surface area contributed by atoms with Crippen molar-refractivity contribution >= 4 is 0 Å². The highest BCUT2D eigenvalue weighted by atomic mass is 16.5. The minimum atomic E-state index is 0.568. The molecular weight excluding hydrogens is 176 g/mol.